The van der Waals surface area contributed by atoms with Crippen LogP contribution in [0.15, 0.2) is 61.1 Å². The van der Waals surface area contributed by atoms with Crippen LogP contribution in [0.25, 0.3) is 17.0 Å². The number of imidazole rings is 1. The average molecular weight is 388 g/mol. The van der Waals surface area contributed by atoms with Crippen molar-refractivity contribution in [2.45, 2.75) is 19.9 Å². The highest BCUT2D eigenvalue weighted by Crippen LogP contribution is 2.29. The Balaban J connectivity index is 1.74. The van der Waals surface area contributed by atoms with Crippen molar-refractivity contribution in [1.29, 1.82) is 0 Å². The van der Waals surface area contributed by atoms with Crippen molar-refractivity contribution in [3.63, 3.8) is 0 Å². The van der Waals surface area contributed by atoms with Crippen molar-refractivity contribution in [2.24, 2.45) is 0 Å². The van der Waals surface area contributed by atoms with Crippen LogP contribution in [-0.2, 0) is 0 Å². The van der Waals surface area contributed by atoms with Crippen molar-refractivity contribution in [3.05, 3.63) is 72.2 Å². The second-order valence-electron chi connectivity index (χ2n) is 6.91. The van der Waals surface area contributed by atoms with Crippen LogP contribution in [0.5, 0.6) is 0 Å². The summed E-state index contributed by atoms with van der Waals surface area (Å²) in [7, 11) is 0. The van der Waals surface area contributed by atoms with Crippen molar-refractivity contribution in [2.75, 3.05) is 23.8 Å². The highest BCUT2D eigenvalue weighted by molar-refractivity contribution is 5.74. The Bertz CT molecular complexity index is 1110. The normalized spacial score (nSPS) is 12.1. The molecule has 3 N–H and O–H groups in total. The number of nitrogens with zero attached hydrogens (tertiary/aromatic N) is 4. The lowest BCUT2D eigenvalue weighted by molar-refractivity contribution is 0.311. The summed E-state index contributed by atoms with van der Waals surface area (Å²) in [6, 6.07) is 14.3. The Morgan fingerprint density at radius 3 is 2.69 bits per heavy atom. The molecular weight excluding hydrogens is 364 g/mol. The molecule has 4 aromatic rings. The number of aromatic nitrogens is 4. The van der Waals surface area contributed by atoms with E-state index >= 15 is 0 Å². The fourth-order valence-corrected chi connectivity index (χ4v) is 3.31. The summed E-state index contributed by atoms with van der Waals surface area (Å²) in [6.07, 6.45) is 5.54. The molecule has 148 valence electrons. The molecule has 0 saturated heterocycles. The maximum absolute atomic E-state index is 9.22. The van der Waals surface area contributed by atoms with Gasteiger partial charge in [-0.05, 0) is 31.0 Å². The third kappa shape index (κ3) is 3.90. The molecule has 1 atom stereocenters. The summed E-state index contributed by atoms with van der Waals surface area (Å²) in [5.74, 6) is 0.536. The Labute approximate surface area is 169 Å². The van der Waals surface area contributed by atoms with E-state index in [1.807, 2.05) is 54.0 Å². The van der Waals surface area contributed by atoms with Gasteiger partial charge in [-0.1, -0.05) is 36.4 Å². The summed E-state index contributed by atoms with van der Waals surface area (Å²) < 4.78 is 2.02. The van der Waals surface area contributed by atoms with E-state index in [1.165, 1.54) is 0 Å². The molecule has 0 unspecified atom stereocenters. The van der Waals surface area contributed by atoms with E-state index in [0.29, 0.717) is 12.5 Å². The maximum Gasteiger partial charge on any atom is 0.223 e. The average Bonchev–Trinajstić information content (AvgIpc) is 3.19. The Morgan fingerprint density at radius 1 is 1.07 bits per heavy atom. The lowest BCUT2D eigenvalue weighted by Crippen LogP contribution is -2.12. The van der Waals surface area contributed by atoms with Gasteiger partial charge < -0.3 is 15.7 Å². The molecule has 0 spiro atoms. The van der Waals surface area contributed by atoms with Crippen LogP contribution >= 0.6 is 0 Å². The molecule has 7 nitrogen and oxygen atoms in total. The van der Waals surface area contributed by atoms with Crippen LogP contribution in [0.4, 0.5) is 11.6 Å². The number of anilines is 2. The summed E-state index contributed by atoms with van der Waals surface area (Å²) in [4.78, 5) is 13.8. The van der Waals surface area contributed by atoms with Gasteiger partial charge in [0.1, 0.15) is 11.3 Å². The first-order valence-corrected chi connectivity index (χ1v) is 9.63. The van der Waals surface area contributed by atoms with Gasteiger partial charge >= 0.3 is 0 Å². The first-order valence-electron chi connectivity index (χ1n) is 9.63. The largest absolute Gasteiger partial charge is 0.395 e. The number of benzene rings is 1. The minimum absolute atomic E-state index is 0.0245. The number of aliphatic hydroxyl groups excluding tert-OH is 1. The third-order valence-electron chi connectivity index (χ3n) is 4.83. The second-order valence-corrected chi connectivity index (χ2v) is 6.91. The summed E-state index contributed by atoms with van der Waals surface area (Å²) in [5.41, 5.74) is 5.48. The Morgan fingerprint density at radius 2 is 1.90 bits per heavy atom. The number of rotatable bonds is 7. The first-order chi connectivity index (χ1) is 14.2. The minimum Gasteiger partial charge on any atom is -0.395 e. The zero-order valence-corrected chi connectivity index (χ0v) is 16.5. The molecule has 1 aromatic carbocycles. The minimum atomic E-state index is 0.0245. The maximum atomic E-state index is 9.22. The van der Waals surface area contributed by atoms with Gasteiger partial charge in [0, 0.05) is 12.7 Å². The van der Waals surface area contributed by atoms with Crippen LogP contribution < -0.4 is 10.6 Å². The van der Waals surface area contributed by atoms with Gasteiger partial charge in [0.05, 0.1) is 36.4 Å². The molecular formula is C22H24N6O. The molecule has 0 radical (unpaired) electrons. The second kappa shape index (κ2) is 8.28. The predicted octanol–water partition coefficient (Wildman–Crippen LogP) is 3.68. The van der Waals surface area contributed by atoms with E-state index in [4.69, 9.17) is 4.98 Å². The van der Waals surface area contributed by atoms with Crippen LogP contribution in [0.3, 0.4) is 0 Å². The molecule has 0 aliphatic rings. The fourth-order valence-electron chi connectivity index (χ4n) is 3.31. The van der Waals surface area contributed by atoms with Gasteiger partial charge in [-0.3, -0.25) is 4.40 Å². The molecule has 0 fully saturated rings. The van der Waals surface area contributed by atoms with Gasteiger partial charge in [-0.25, -0.2) is 15.0 Å². The summed E-state index contributed by atoms with van der Waals surface area (Å²) in [5, 5.41) is 15.8. The molecule has 7 heteroatoms. The summed E-state index contributed by atoms with van der Waals surface area (Å²) in [6.45, 7) is 4.55. The number of fused-ring (bicyclic) bond motifs is 1. The van der Waals surface area contributed by atoms with Crippen LogP contribution in [0.2, 0.25) is 0 Å². The van der Waals surface area contributed by atoms with Gasteiger partial charge in [0.25, 0.3) is 0 Å². The molecule has 0 aliphatic heterocycles. The van der Waals surface area contributed by atoms with Crippen LogP contribution in [0, 0.1) is 6.92 Å². The molecule has 3 aromatic heterocycles. The number of nitrogens with one attached hydrogen (secondary N) is 2. The molecule has 0 amide bonds. The van der Waals surface area contributed by atoms with E-state index in [2.05, 4.69) is 39.7 Å². The van der Waals surface area contributed by atoms with Gasteiger partial charge in [0.2, 0.25) is 5.95 Å². The molecule has 4 rings (SSSR count). The number of hydrogen-bond acceptors (Lipinski definition) is 6. The molecule has 0 saturated carbocycles. The number of pyridine rings is 1. The zero-order valence-electron chi connectivity index (χ0n) is 16.5. The Hall–Kier alpha value is -3.45. The van der Waals surface area contributed by atoms with Crippen LogP contribution in [0.1, 0.15) is 24.1 Å². The van der Waals surface area contributed by atoms with E-state index in [1.54, 1.807) is 6.20 Å². The van der Waals surface area contributed by atoms with Gasteiger partial charge in [0.15, 0.2) is 0 Å². The van der Waals surface area contributed by atoms with Crippen LogP contribution in [-0.4, -0.2) is 37.6 Å². The van der Waals surface area contributed by atoms with Gasteiger partial charge in [-0.2, -0.15) is 0 Å². The molecule has 3 heterocycles. The van der Waals surface area contributed by atoms with Crippen molar-refractivity contribution in [1.82, 2.24) is 19.4 Å². The molecule has 0 bridgehead atoms. The highest BCUT2D eigenvalue weighted by Gasteiger charge is 2.16. The highest BCUT2D eigenvalue weighted by atomic mass is 16.3. The topological polar surface area (TPSA) is 87.4 Å². The third-order valence-corrected chi connectivity index (χ3v) is 4.83. The number of aryl methyl sites for hydroxylation is 1. The van der Waals surface area contributed by atoms with E-state index in [9.17, 15) is 5.11 Å². The molecule has 0 aliphatic carbocycles. The number of aliphatic hydroxyl groups is 1. The van der Waals surface area contributed by atoms with E-state index in [-0.39, 0.29) is 12.6 Å². The smallest absolute Gasteiger partial charge is 0.223 e. The zero-order chi connectivity index (χ0) is 20.2. The SMILES string of the molecule is Cc1cccn2c(-c3nc(N[C@@H](C)c4ccccc4)ncc3NCCO)cnc12. The lowest BCUT2D eigenvalue weighted by Gasteiger charge is -2.16. The summed E-state index contributed by atoms with van der Waals surface area (Å²) >= 11 is 0. The fraction of sp³-hybridized carbons (Fsp3) is 0.227. The Kier molecular flexibility index (Phi) is 5.39. The molecule has 29 heavy (non-hydrogen) atoms. The van der Waals surface area contributed by atoms with Gasteiger partial charge in [-0.15, -0.1) is 0 Å². The quantitative estimate of drug-likeness (QED) is 0.448. The monoisotopic (exact) mass is 388 g/mol. The van der Waals surface area contributed by atoms with Crippen molar-refractivity contribution >= 4 is 17.3 Å². The first kappa shape index (κ1) is 18.9. The van der Waals surface area contributed by atoms with Crippen molar-refractivity contribution < 1.29 is 5.11 Å². The predicted molar refractivity (Wildman–Crippen MR) is 115 cm³/mol. The van der Waals surface area contributed by atoms with E-state index in [0.717, 1.165) is 33.8 Å². The van der Waals surface area contributed by atoms with Crippen molar-refractivity contribution in [3.8, 4) is 11.4 Å². The van der Waals surface area contributed by atoms with E-state index < -0.39 is 0 Å². The number of hydrogen-bond donors (Lipinski definition) is 3. The standard InChI is InChI=1S/C22H24N6O/c1-15-7-6-11-28-19(14-24-21(15)28)20-18(23-10-12-29)13-25-22(27-20)26-16(2)17-8-4-3-5-9-17/h3-9,11,13-14,16,23,29H,10,12H2,1-2H3,(H,25,26,27)/t16-/m0/s1. The lowest BCUT2D eigenvalue weighted by atomic mass is 10.1.